The van der Waals surface area contributed by atoms with Gasteiger partial charge in [0, 0.05) is 6.42 Å². The number of urea groups is 1. The number of carbonyl (C=O) groups excluding carboxylic acids is 2. The van der Waals surface area contributed by atoms with Crippen LogP contribution in [0.25, 0.3) is 5.76 Å². The van der Waals surface area contributed by atoms with Gasteiger partial charge in [-0.05, 0) is 24.0 Å². The van der Waals surface area contributed by atoms with Crippen LogP contribution in [0.4, 0.5) is 4.79 Å². The standard InChI is InChI=1S/C20H28N2O4.C3H6O2/c1-5-7-9-13(6-2)12-14-10-8-11-15(17(14)25-3)18(26-4)16-19(23)22-20(24)21-16;1-2-3(4)5/h8,10-11,13H,5-7,9,12H2,1-4H3,(H2,21,22,23,24);2H2,1H3,(H,4,5)/b18-16+;. The van der Waals surface area contributed by atoms with Crippen LogP contribution in [0.3, 0.4) is 0 Å². The van der Waals surface area contributed by atoms with E-state index in [9.17, 15) is 14.4 Å². The molecule has 1 aromatic rings. The van der Waals surface area contributed by atoms with Crippen LogP contribution in [0.15, 0.2) is 23.9 Å². The second-order valence-corrected chi connectivity index (χ2v) is 7.18. The minimum absolute atomic E-state index is 0.103. The van der Waals surface area contributed by atoms with E-state index >= 15 is 0 Å². The largest absolute Gasteiger partial charge is 0.496 e. The number of hydrogen-bond donors (Lipinski definition) is 3. The molecule has 8 heteroatoms. The van der Waals surface area contributed by atoms with Crippen LogP contribution in [-0.4, -0.2) is 37.2 Å². The fourth-order valence-electron chi connectivity index (χ4n) is 3.29. The van der Waals surface area contributed by atoms with Gasteiger partial charge < -0.3 is 14.6 Å². The van der Waals surface area contributed by atoms with Crippen molar-refractivity contribution in [2.45, 2.75) is 59.3 Å². The Labute approximate surface area is 184 Å². The Kier molecular flexibility index (Phi) is 11.2. The highest BCUT2D eigenvalue weighted by atomic mass is 16.5. The zero-order chi connectivity index (χ0) is 23.4. The summed E-state index contributed by atoms with van der Waals surface area (Å²) in [5, 5.41) is 12.4. The van der Waals surface area contributed by atoms with E-state index in [0.29, 0.717) is 23.0 Å². The lowest BCUT2D eigenvalue weighted by atomic mass is 9.90. The summed E-state index contributed by atoms with van der Waals surface area (Å²) < 4.78 is 11.1. The van der Waals surface area contributed by atoms with Gasteiger partial charge in [0.05, 0.1) is 19.8 Å². The van der Waals surface area contributed by atoms with Gasteiger partial charge in [0.2, 0.25) is 0 Å². The zero-order valence-electron chi connectivity index (χ0n) is 19.0. The number of benzene rings is 1. The Morgan fingerprint density at radius 1 is 1.13 bits per heavy atom. The molecule has 1 aliphatic heterocycles. The predicted molar refractivity (Wildman–Crippen MR) is 119 cm³/mol. The number of aliphatic carboxylic acids is 1. The number of carboxylic acid groups (broad SMARTS) is 1. The van der Waals surface area contributed by atoms with Crippen LogP contribution in [0.1, 0.15) is 64.0 Å². The van der Waals surface area contributed by atoms with Crippen LogP contribution in [0.2, 0.25) is 0 Å². The lowest BCUT2D eigenvalue weighted by molar-refractivity contribution is -0.136. The van der Waals surface area contributed by atoms with Gasteiger partial charge in [-0.15, -0.1) is 0 Å². The maximum atomic E-state index is 12.0. The highest BCUT2D eigenvalue weighted by molar-refractivity contribution is 6.15. The van der Waals surface area contributed by atoms with Gasteiger partial charge in [-0.25, -0.2) is 4.79 Å². The Morgan fingerprint density at radius 3 is 2.26 bits per heavy atom. The van der Waals surface area contributed by atoms with Gasteiger partial charge in [0.25, 0.3) is 5.91 Å². The number of carbonyl (C=O) groups is 3. The van der Waals surface area contributed by atoms with Gasteiger partial charge in [-0.2, -0.15) is 0 Å². The van der Waals surface area contributed by atoms with Crippen LogP contribution < -0.4 is 15.4 Å². The Bertz CT molecular complexity index is 803. The van der Waals surface area contributed by atoms with Crippen molar-refractivity contribution in [2.75, 3.05) is 14.2 Å². The zero-order valence-corrected chi connectivity index (χ0v) is 19.0. The van der Waals surface area contributed by atoms with Crippen molar-refractivity contribution < 1.29 is 29.0 Å². The molecular weight excluding hydrogens is 400 g/mol. The van der Waals surface area contributed by atoms with Crippen molar-refractivity contribution in [3.8, 4) is 5.75 Å². The van der Waals surface area contributed by atoms with Crippen LogP contribution in [-0.2, 0) is 20.7 Å². The molecule has 0 radical (unpaired) electrons. The van der Waals surface area contributed by atoms with Crippen molar-refractivity contribution in [1.82, 2.24) is 10.6 Å². The second-order valence-electron chi connectivity index (χ2n) is 7.18. The summed E-state index contributed by atoms with van der Waals surface area (Å²) in [4.78, 5) is 32.8. The average Bonchev–Trinajstić information content (AvgIpc) is 3.09. The maximum Gasteiger partial charge on any atom is 0.326 e. The molecule has 0 spiro atoms. The minimum atomic E-state index is -0.745. The quantitative estimate of drug-likeness (QED) is 0.290. The summed E-state index contributed by atoms with van der Waals surface area (Å²) in [6.45, 7) is 6.01. The molecule has 8 nitrogen and oxygen atoms in total. The topological polar surface area (TPSA) is 114 Å². The molecule has 1 atom stereocenters. The fraction of sp³-hybridized carbons (Fsp3) is 0.522. The summed E-state index contributed by atoms with van der Waals surface area (Å²) in [6.07, 6.45) is 5.79. The van der Waals surface area contributed by atoms with E-state index in [4.69, 9.17) is 14.6 Å². The molecule has 3 N–H and O–H groups in total. The molecule has 31 heavy (non-hydrogen) atoms. The monoisotopic (exact) mass is 434 g/mol. The maximum absolute atomic E-state index is 12.0. The van der Waals surface area contributed by atoms with E-state index < -0.39 is 17.9 Å². The van der Waals surface area contributed by atoms with Crippen molar-refractivity contribution in [1.29, 1.82) is 0 Å². The first-order valence-corrected chi connectivity index (χ1v) is 10.6. The third-order valence-corrected chi connectivity index (χ3v) is 5.02. The number of nitrogens with one attached hydrogen (secondary N) is 2. The molecule has 1 aromatic carbocycles. The van der Waals surface area contributed by atoms with Crippen molar-refractivity contribution in [3.05, 3.63) is 35.0 Å². The van der Waals surface area contributed by atoms with Gasteiger partial charge in [0.15, 0.2) is 11.5 Å². The number of unbranched alkanes of at least 4 members (excludes halogenated alkanes) is 1. The second kappa shape index (κ2) is 13.3. The summed E-state index contributed by atoms with van der Waals surface area (Å²) in [5.41, 5.74) is 1.84. The van der Waals surface area contributed by atoms with Crippen LogP contribution in [0, 0.1) is 5.92 Å². The lowest BCUT2D eigenvalue weighted by Gasteiger charge is -2.19. The van der Waals surface area contributed by atoms with Gasteiger partial charge >= 0.3 is 12.0 Å². The van der Waals surface area contributed by atoms with E-state index in [1.54, 1.807) is 14.0 Å². The van der Waals surface area contributed by atoms with Crippen molar-refractivity contribution >= 4 is 23.7 Å². The van der Waals surface area contributed by atoms with Crippen LogP contribution >= 0.6 is 0 Å². The molecule has 0 saturated carbocycles. The number of hydrogen-bond acceptors (Lipinski definition) is 5. The van der Waals surface area contributed by atoms with E-state index in [0.717, 1.165) is 18.4 Å². The number of para-hydroxylation sites is 1. The Balaban J connectivity index is 0.000000861. The highest BCUT2D eigenvalue weighted by Gasteiger charge is 2.30. The molecule has 0 bridgehead atoms. The SMILES string of the molecule is CCC(=O)O.CCCCC(CC)Cc1cccc(/C(OC)=C2\NC(=O)NC2=O)c1OC. The third kappa shape index (κ3) is 7.62. The molecular formula is C23H34N2O6. The number of imide groups is 1. The summed E-state index contributed by atoms with van der Waals surface area (Å²) in [6, 6.07) is 5.25. The van der Waals surface area contributed by atoms with Crippen molar-refractivity contribution in [3.63, 3.8) is 0 Å². The summed E-state index contributed by atoms with van der Waals surface area (Å²) in [5.74, 6) is 0.306. The molecule has 3 amide bonds. The average molecular weight is 435 g/mol. The van der Waals surface area contributed by atoms with Gasteiger partial charge in [-0.1, -0.05) is 58.6 Å². The Hall–Kier alpha value is -3.03. The molecule has 1 heterocycles. The fourth-order valence-corrected chi connectivity index (χ4v) is 3.29. The first-order valence-electron chi connectivity index (χ1n) is 10.6. The third-order valence-electron chi connectivity index (χ3n) is 5.02. The summed E-state index contributed by atoms with van der Waals surface area (Å²) >= 11 is 0. The molecule has 172 valence electrons. The smallest absolute Gasteiger partial charge is 0.326 e. The molecule has 1 fully saturated rings. The van der Waals surface area contributed by atoms with Crippen LogP contribution in [0.5, 0.6) is 5.75 Å². The van der Waals surface area contributed by atoms with Gasteiger partial charge in [0.1, 0.15) is 5.75 Å². The molecule has 1 saturated heterocycles. The molecule has 1 aliphatic rings. The molecule has 0 aromatic heterocycles. The number of ether oxygens (including phenoxy) is 2. The first kappa shape index (κ1) is 26.0. The summed E-state index contributed by atoms with van der Waals surface area (Å²) in [7, 11) is 3.09. The van der Waals surface area contributed by atoms with Gasteiger partial charge in [-0.3, -0.25) is 20.2 Å². The molecule has 0 aliphatic carbocycles. The lowest BCUT2D eigenvalue weighted by Crippen LogP contribution is -2.22. The highest BCUT2D eigenvalue weighted by Crippen LogP contribution is 2.34. The number of carboxylic acids is 1. The number of methoxy groups -OCH3 is 2. The number of amides is 3. The first-order chi connectivity index (χ1) is 14.8. The van der Waals surface area contributed by atoms with E-state index in [1.165, 1.54) is 26.4 Å². The molecule has 2 rings (SSSR count). The minimum Gasteiger partial charge on any atom is -0.496 e. The van der Waals surface area contributed by atoms with E-state index in [2.05, 4.69) is 24.5 Å². The molecule has 1 unspecified atom stereocenters. The normalized spacial score (nSPS) is 15.3. The number of rotatable bonds is 10. The van der Waals surface area contributed by atoms with E-state index in [1.807, 2.05) is 18.2 Å². The van der Waals surface area contributed by atoms with E-state index in [-0.39, 0.29) is 12.1 Å². The van der Waals surface area contributed by atoms with Crippen molar-refractivity contribution in [2.24, 2.45) is 5.92 Å². The Morgan fingerprint density at radius 2 is 1.81 bits per heavy atom. The predicted octanol–water partition coefficient (Wildman–Crippen LogP) is 4.09.